The lowest BCUT2D eigenvalue weighted by molar-refractivity contribution is -0.153. The van der Waals surface area contributed by atoms with Gasteiger partial charge in [0.25, 0.3) is 0 Å². The molecule has 0 radical (unpaired) electrons. The predicted molar refractivity (Wildman–Crippen MR) is 69.0 cm³/mol. The maximum absolute atomic E-state index is 11.8. The van der Waals surface area contributed by atoms with Crippen LogP contribution in [0.3, 0.4) is 0 Å². The van der Waals surface area contributed by atoms with Crippen LogP contribution in [0.4, 0.5) is 0 Å². The van der Waals surface area contributed by atoms with Crippen molar-refractivity contribution in [1.82, 2.24) is 0 Å². The minimum atomic E-state index is -1.17. The van der Waals surface area contributed by atoms with Gasteiger partial charge in [0, 0.05) is 5.57 Å². The summed E-state index contributed by atoms with van der Waals surface area (Å²) in [7, 11) is 0. The molecular formula is C15H22O4. The Hall–Kier alpha value is -0.870. The van der Waals surface area contributed by atoms with Crippen molar-refractivity contribution in [1.29, 1.82) is 0 Å². The molecular weight excluding hydrogens is 244 g/mol. The minimum absolute atomic E-state index is 0.109. The summed E-state index contributed by atoms with van der Waals surface area (Å²) in [5, 5.41) is 20.4. The SMILES string of the molecule is CC1(C)CCC[C@]2(C)C3=C(C(=O)OC3O)C(O)C[C@@H]12. The number of cyclic esters (lactones) is 1. The van der Waals surface area contributed by atoms with Crippen LogP contribution in [0.1, 0.15) is 46.5 Å². The van der Waals surface area contributed by atoms with Crippen LogP contribution in [0.2, 0.25) is 0 Å². The van der Waals surface area contributed by atoms with E-state index in [2.05, 4.69) is 20.8 Å². The highest BCUT2D eigenvalue weighted by molar-refractivity contribution is 5.93. The second-order valence-corrected chi connectivity index (χ2v) is 7.15. The van der Waals surface area contributed by atoms with E-state index in [-0.39, 0.29) is 16.7 Å². The zero-order chi connectivity index (χ0) is 14.0. The molecule has 1 fully saturated rings. The van der Waals surface area contributed by atoms with Crippen LogP contribution >= 0.6 is 0 Å². The molecule has 2 unspecified atom stereocenters. The van der Waals surface area contributed by atoms with E-state index in [9.17, 15) is 15.0 Å². The summed E-state index contributed by atoms with van der Waals surface area (Å²) < 4.78 is 4.94. The Morgan fingerprint density at radius 1 is 1.21 bits per heavy atom. The van der Waals surface area contributed by atoms with Gasteiger partial charge in [0.2, 0.25) is 6.29 Å². The van der Waals surface area contributed by atoms with Crippen molar-refractivity contribution in [2.45, 2.75) is 58.8 Å². The van der Waals surface area contributed by atoms with E-state index < -0.39 is 18.4 Å². The predicted octanol–water partition coefficient (Wildman–Crippen LogP) is 1.76. The third kappa shape index (κ3) is 1.62. The van der Waals surface area contributed by atoms with Crippen molar-refractivity contribution in [3.63, 3.8) is 0 Å². The number of aliphatic hydroxyl groups is 2. The van der Waals surface area contributed by atoms with Crippen LogP contribution in [0.25, 0.3) is 0 Å². The third-order valence-corrected chi connectivity index (χ3v) is 5.61. The van der Waals surface area contributed by atoms with Gasteiger partial charge >= 0.3 is 5.97 Å². The number of esters is 1. The van der Waals surface area contributed by atoms with E-state index in [1.807, 2.05) is 0 Å². The van der Waals surface area contributed by atoms with Gasteiger partial charge in [-0.25, -0.2) is 4.79 Å². The average Bonchev–Trinajstić information content (AvgIpc) is 2.59. The lowest BCUT2D eigenvalue weighted by Crippen LogP contribution is -2.49. The second kappa shape index (κ2) is 3.83. The van der Waals surface area contributed by atoms with Gasteiger partial charge in [-0.1, -0.05) is 27.2 Å². The molecule has 4 nitrogen and oxygen atoms in total. The molecule has 1 heterocycles. The number of carbonyl (C=O) groups excluding carboxylic acids is 1. The molecule has 2 aliphatic carbocycles. The van der Waals surface area contributed by atoms with Crippen LogP contribution in [0.5, 0.6) is 0 Å². The van der Waals surface area contributed by atoms with Crippen LogP contribution in [-0.2, 0) is 9.53 Å². The fraction of sp³-hybridized carbons (Fsp3) is 0.800. The number of aliphatic hydroxyl groups excluding tert-OH is 2. The molecule has 4 heteroatoms. The maximum atomic E-state index is 11.8. The molecule has 19 heavy (non-hydrogen) atoms. The van der Waals surface area contributed by atoms with Gasteiger partial charge in [-0.15, -0.1) is 0 Å². The van der Waals surface area contributed by atoms with Crippen molar-refractivity contribution in [3.05, 3.63) is 11.1 Å². The molecule has 2 N–H and O–H groups in total. The molecule has 0 spiro atoms. The summed E-state index contributed by atoms with van der Waals surface area (Å²) in [4.78, 5) is 11.8. The number of fused-ring (bicyclic) bond motifs is 2. The third-order valence-electron chi connectivity index (χ3n) is 5.61. The summed E-state index contributed by atoms with van der Waals surface area (Å²) in [5.74, 6) is -0.273. The normalized spacial score (nSPS) is 44.7. The van der Waals surface area contributed by atoms with Crippen LogP contribution in [0.15, 0.2) is 11.1 Å². The molecule has 0 bridgehead atoms. The molecule has 4 atom stereocenters. The Morgan fingerprint density at radius 3 is 2.58 bits per heavy atom. The van der Waals surface area contributed by atoms with Gasteiger partial charge < -0.3 is 14.9 Å². The fourth-order valence-electron chi connectivity index (χ4n) is 4.74. The van der Waals surface area contributed by atoms with Gasteiger partial charge in [-0.3, -0.25) is 0 Å². The summed E-state index contributed by atoms with van der Waals surface area (Å²) in [6.45, 7) is 6.56. The molecule has 1 aliphatic heterocycles. The van der Waals surface area contributed by atoms with Crippen molar-refractivity contribution in [2.75, 3.05) is 0 Å². The molecule has 0 amide bonds. The molecule has 0 saturated heterocycles. The van der Waals surface area contributed by atoms with E-state index in [1.54, 1.807) is 0 Å². The van der Waals surface area contributed by atoms with Crippen molar-refractivity contribution in [3.8, 4) is 0 Å². The standard InChI is InChI=1S/C15H22O4/c1-14(2)5-4-6-15(3)9(14)7-8(16)10-11(15)13(18)19-12(10)17/h8-9,13,16,18H,4-7H2,1-3H3/t8?,9-,13?,15-/m0/s1. The van der Waals surface area contributed by atoms with Crippen molar-refractivity contribution < 1.29 is 19.7 Å². The first-order valence-corrected chi connectivity index (χ1v) is 7.09. The highest BCUT2D eigenvalue weighted by Crippen LogP contribution is 2.61. The Morgan fingerprint density at radius 2 is 1.89 bits per heavy atom. The van der Waals surface area contributed by atoms with Crippen LogP contribution < -0.4 is 0 Å². The average molecular weight is 266 g/mol. The number of hydrogen-bond donors (Lipinski definition) is 2. The van der Waals surface area contributed by atoms with E-state index in [0.717, 1.165) is 19.3 Å². The van der Waals surface area contributed by atoms with Crippen LogP contribution in [0, 0.1) is 16.7 Å². The van der Waals surface area contributed by atoms with Gasteiger partial charge in [0.05, 0.1) is 11.7 Å². The van der Waals surface area contributed by atoms with Gasteiger partial charge in [0.15, 0.2) is 0 Å². The molecule has 106 valence electrons. The van der Waals surface area contributed by atoms with Crippen molar-refractivity contribution in [2.24, 2.45) is 16.7 Å². The molecule has 3 aliphatic rings. The molecule has 3 rings (SSSR count). The first-order valence-electron chi connectivity index (χ1n) is 7.09. The Bertz CT molecular complexity index is 465. The zero-order valence-electron chi connectivity index (χ0n) is 11.8. The first kappa shape index (κ1) is 13.1. The minimum Gasteiger partial charge on any atom is -0.428 e. The van der Waals surface area contributed by atoms with E-state index in [4.69, 9.17) is 4.74 Å². The highest BCUT2D eigenvalue weighted by atomic mass is 16.6. The molecule has 1 saturated carbocycles. The zero-order valence-corrected chi connectivity index (χ0v) is 11.8. The molecule has 0 aromatic rings. The van der Waals surface area contributed by atoms with Gasteiger partial charge in [-0.2, -0.15) is 0 Å². The van der Waals surface area contributed by atoms with E-state index >= 15 is 0 Å². The van der Waals surface area contributed by atoms with Gasteiger partial charge in [-0.05, 0) is 36.0 Å². The molecule has 0 aromatic carbocycles. The Balaban J connectivity index is 2.15. The topological polar surface area (TPSA) is 66.8 Å². The summed E-state index contributed by atoms with van der Waals surface area (Å²) in [6, 6.07) is 0. The summed E-state index contributed by atoms with van der Waals surface area (Å²) in [6.07, 6.45) is 1.76. The monoisotopic (exact) mass is 266 g/mol. The number of carbonyl (C=O) groups is 1. The first-order chi connectivity index (χ1) is 8.77. The van der Waals surface area contributed by atoms with Crippen LogP contribution in [-0.4, -0.2) is 28.6 Å². The second-order valence-electron chi connectivity index (χ2n) is 7.15. The summed E-state index contributed by atoms with van der Waals surface area (Å²) >= 11 is 0. The highest BCUT2D eigenvalue weighted by Gasteiger charge is 2.58. The smallest absolute Gasteiger partial charge is 0.339 e. The van der Waals surface area contributed by atoms with E-state index in [1.165, 1.54) is 0 Å². The lowest BCUT2D eigenvalue weighted by Gasteiger charge is -2.54. The lowest BCUT2D eigenvalue weighted by atomic mass is 9.50. The van der Waals surface area contributed by atoms with Gasteiger partial charge in [0.1, 0.15) is 0 Å². The maximum Gasteiger partial charge on any atom is 0.339 e. The Kier molecular flexibility index (Phi) is 2.64. The summed E-state index contributed by atoms with van der Waals surface area (Å²) in [5.41, 5.74) is 0.845. The number of rotatable bonds is 0. The van der Waals surface area contributed by atoms with E-state index in [0.29, 0.717) is 17.6 Å². The largest absolute Gasteiger partial charge is 0.428 e. The number of hydrogen-bond acceptors (Lipinski definition) is 4. The number of ether oxygens (including phenoxy) is 1. The fourth-order valence-corrected chi connectivity index (χ4v) is 4.74. The molecule has 0 aromatic heterocycles. The Labute approximate surface area is 113 Å². The van der Waals surface area contributed by atoms with Crippen molar-refractivity contribution >= 4 is 5.97 Å². The quantitative estimate of drug-likeness (QED) is 0.656.